The van der Waals surface area contributed by atoms with Crippen LogP contribution in [0.5, 0.6) is 5.75 Å². The Labute approximate surface area is 157 Å². The summed E-state index contributed by atoms with van der Waals surface area (Å²) in [4.78, 5) is 7.98. The highest BCUT2D eigenvalue weighted by Crippen LogP contribution is 2.29. The van der Waals surface area contributed by atoms with E-state index in [0.717, 1.165) is 41.9 Å². The molecule has 1 aliphatic rings. The summed E-state index contributed by atoms with van der Waals surface area (Å²) >= 11 is 0. The Bertz CT molecular complexity index is 1090. The number of aromatic amines is 1. The van der Waals surface area contributed by atoms with Gasteiger partial charge in [-0.25, -0.2) is 13.4 Å². The van der Waals surface area contributed by atoms with Crippen LogP contribution in [-0.4, -0.2) is 32.1 Å². The molecule has 8 heteroatoms. The van der Waals surface area contributed by atoms with Gasteiger partial charge in [-0.3, -0.25) is 4.72 Å². The number of sulfonamides is 1. The number of methoxy groups -OCH3 is 1. The molecule has 1 atom stereocenters. The summed E-state index contributed by atoms with van der Waals surface area (Å²) in [6.07, 6.45) is 1.95. The topological polar surface area (TPSA) is 93.3 Å². The van der Waals surface area contributed by atoms with Crippen molar-refractivity contribution in [3.63, 3.8) is 0 Å². The van der Waals surface area contributed by atoms with Crippen LogP contribution in [0.25, 0.3) is 11.0 Å². The van der Waals surface area contributed by atoms with Crippen LogP contribution in [-0.2, 0) is 14.8 Å². The molecule has 27 heavy (non-hydrogen) atoms. The average Bonchev–Trinajstić information content (AvgIpc) is 3.30. The van der Waals surface area contributed by atoms with Crippen molar-refractivity contribution in [2.75, 3.05) is 18.4 Å². The largest absolute Gasteiger partial charge is 0.496 e. The minimum atomic E-state index is -3.70. The number of anilines is 1. The molecule has 1 aliphatic heterocycles. The molecule has 0 amide bonds. The number of fused-ring (bicyclic) bond motifs is 1. The third kappa shape index (κ3) is 3.50. The van der Waals surface area contributed by atoms with Gasteiger partial charge in [-0.05, 0) is 61.7 Å². The Morgan fingerprint density at radius 3 is 2.81 bits per heavy atom. The standard InChI is InChI=1S/C19H21N3O4S/c1-12-10-14(6-8-17(12)25-2)27(23,24)22-13-5-7-15-16(11-13)21-19(20-15)18-4-3-9-26-18/h5-8,10-11,18,22H,3-4,9H2,1-2H3,(H,20,21). The fourth-order valence-electron chi connectivity index (χ4n) is 3.27. The predicted octanol–water partition coefficient (Wildman–Crippen LogP) is 3.53. The lowest BCUT2D eigenvalue weighted by atomic mass is 10.2. The van der Waals surface area contributed by atoms with E-state index in [1.807, 2.05) is 0 Å². The summed E-state index contributed by atoms with van der Waals surface area (Å²) in [7, 11) is -2.15. The smallest absolute Gasteiger partial charge is 0.261 e. The van der Waals surface area contributed by atoms with Crippen molar-refractivity contribution in [2.24, 2.45) is 0 Å². The fourth-order valence-corrected chi connectivity index (χ4v) is 4.41. The summed E-state index contributed by atoms with van der Waals surface area (Å²) in [6, 6.07) is 10.0. The van der Waals surface area contributed by atoms with E-state index >= 15 is 0 Å². The third-order valence-corrected chi connectivity index (χ3v) is 6.04. The zero-order valence-corrected chi connectivity index (χ0v) is 16.0. The number of hydrogen-bond acceptors (Lipinski definition) is 5. The first-order chi connectivity index (χ1) is 13.0. The van der Waals surface area contributed by atoms with E-state index in [4.69, 9.17) is 9.47 Å². The van der Waals surface area contributed by atoms with Gasteiger partial charge in [-0.2, -0.15) is 0 Å². The number of benzene rings is 2. The second kappa shape index (κ2) is 6.86. The number of aryl methyl sites for hydroxylation is 1. The highest BCUT2D eigenvalue weighted by Gasteiger charge is 2.21. The van der Waals surface area contributed by atoms with Crippen LogP contribution in [0.4, 0.5) is 5.69 Å². The van der Waals surface area contributed by atoms with Gasteiger partial charge in [0.1, 0.15) is 17.7 Å². The van der Waals surface area contributed by atoms with E-state index in [0.29, 0.717) is 11.4 Å². The molecule has 142 valence electrons. The van der Waals surface area contributed by atoms with Crippen LogP contribution in [0.15, 0.2) is 41.3 Å². The van der Waals surface area contributed by atoms with Gasteiger partial charge in [-0.15, -0.1) is 0 Å². The molecule has 1 unspecified atom stereocenters. The van der Waals surface area contributed by atoms with E-state index in [9.17, 15) is 8.42 Å². The number of ether oxygens (including phenoxy) is 2. The molecule has 1 fully saturated rings. The van der Waals surface area contributed by atoms with E-state index in [1.165, 1.54) is 6.07 Å². The molecule has 4 rings (SSSR count). The molecule has 2 N–H and O–H groups in total. The van der Waals surface area contributed by atoms with Crippen LogP contribution in [0.3, 0.4) is 0 Å². The molecule has 0 saturated carbocycles. The number of hydrogen-bond donors (Lipinski definition) is 2. The Kier molecular flexibility index (Phi) is 4.53. The van der Waals surface area contributed by atoms with Gasteiger partial charge in [0, 0.05) is 6.61 Å². The van der Waals surface area contributed by atoms with E-state index in [2.05, 4.69) is 14.7 Å². The van der Waals surface area contributed by atoms with E-state index in [1.54, 1.807) is 44.4 Å². The Morgan fingerprint density at radius 1 is 1.26 bits per heavy atom. The van der Waals surface area contributed by atoms with Crippen molar-refractivity contribution in [3.8, 4) is 5.75 Å². The first kappa shape index (κ1) is 17.8. The molecule has 0 bridgehead atoms. The summed E-state index contributed by atoms with van der Waals surface area (Å²) in [6.45, 7) is 2.55. The lowest BCUT2D eigenvalue weighted by molar-refractivity contribution is 0.106. The van der Waals surface area contributed by atoms with Crippen molar-refractivity contribution in [2.45, 2.75) is 30.8 Å². The molecular weight excluding hydrogens is 366 g/mol. The van der Waals surface area contributed by atoms with Crippen molar-refractivity contribution >= 4 is 26.7 Å². The molecule has 7 nitrogen and oxygen atoms in total. The van der Waals surface area contributed by atoms with Crippen molar-refractivity contribution in [1.29, 1.82) is 0 Å². The van der Waals surface area contributed by atoms with Gasteiger partial charge in [0.2, 0.25) is 0 Å². The van der Waals surface area contributed by atoms with E-state index < -0.39 is 10.0 Å². The Balaban J connectivity index is 1.61. The zero-order chi connectivity index (χ0) is 19.0. The molecule has 0 radical (unpaired) electrons. The van der Waals surface area contributed by atoms with Gasteiger partial charge in [0.15, 0.2) is 0 Å². The van der Waals surface area contributed by atoms with Crippen molar-refractivity contribution in [1.82, 2.24) is 9.97 Å². The fraction of sp³-hybridized carbons (Fsp3) is 0.316. The van der Waals surface area contributed by atoms with Crippen LogP contribution >= 0.6 is 0 Å². The maximum atomic E-state index is 12.7. The summed E-state index contributed by atoms with van der Waals surface area (Å²) in [5.74, 6) is 1.43. The highest BCUT2D eigenvalue weighted by atomic mass is 32.2. The number of nitrogens with zero attached hydrogens (tertiary/aromatic N) is 1. The highest BCUT2D eigenvalue weighted by molar-refractivity contribution is 7.92. The van der Waals surface area contributed by atoms with Crippen LogP contribution in [0.1, 0.15) is 30.3 Å². The minimum Gasteiger partial charge on any atom is -0.496 e. The molecule has 2 aromatic carbocycles. The predicted molar refractivity (Wildman–Crippen MR) is 103 cm³/mol. The molecule has 0 spiro atoms. The number of rotatable bonds is 5. The minimum absolute atomic E-state index is 0.0141. The normalized spacial score (nSPS) is 17.3. The molecule has 1 aromatic heterocycles. The second-order valence-corrected chi connectivity index (χ2v) is 8.27. The maximum Gasteiger partial charge on any atom is 0.261 e. The van der Waals surface area contributed by atoms with Gasteiger partial charge in [-0.1, -0.05) is 0 Å². The van der Waals surface area contributed by atoms with Gasteiger partial charge in [0.05, 0.1) is 28.7 Å². The lowest BCUT2D eigenvalue weighted by Gasteiger charge is -2.10. The van der Waals surface area contributed by atoms with Crippen molar-refractivity contribution in [3.05, 3.63) is 47.8 Å². The van der Waals surface area contributed by atoms with Crippen LogP contribution in [0, 0.1) is 6.92 Å². The molecular formula is C19H21N3O4S. The van der Waals surface area contributed by atoms with E-state index in [-0.39, 0.29) is 11.0 Å². The lowest BCUT2D eigenvalue weighted by Crippen LogP contribution is -2.13. The van der Waals surface area contributed by atoms with Crippen LogP contribution < -0.4 is 9.46 Å². The Hall–Kier alpha value is -2.58. The number of H-pyrrole nitrogens is 1. The molecule has 1 saturated heterocycles. The summed E-state index contributed by atoms with van der Waals surface area (Å²) in [5.41, 5.74) is 2.78. The third-order valence-electron chi connectivity index (χ3n) is 4.66. The van der Waals surface area contributed by atoms with Gasteiger partial charge in [0.25, 0.3) is 10.0 Å². The summed E-state index contributed by atoms with van der Waals surface area (Å²) in [5, 5.41) is 0. The first-order valence-corrected chi connectivity index (χ1v) is 10.2. The van der Waals surface area contributed by atoms with Gasteiger partial charge >= 0.3 is 0 Å². The molecule has 2 heterocycles. The summed E-state index contributed by atoms with van der Waals surface area (Å²) < 4.78 is 38.9. The van der Waals surface area contributed by atoms with Gasteiger partial charge < -0.3 is 14.5 Å². The molecule has 0 aliphatic carbocycles. The SMILES string of the molecule is COc1ccc(S(=O)(=O)Nc2ccc3nc(C4CCCO4)[nH]c3c2)cc1C. The number of aromatic nitrogens is 2. The Morgan fingerprint density at radius 2 is 2.11 bits per heavy atom. The second-order valence-electron chi connectivity index (χ2n) is 6.59. The quantitative estimate of drug-likeness (QED) is 0.698. The zero-order valence-electron chi connectivity index (χ0n) is 15.2. The van der Waals surface area contributed by atoms with Crippen LogP contribution in [0.2, 0.25) is 0 Å². The average molecular weight is 387 g/mol. The number of nitrogens with one attached hydrogen (secondary N) is 2. The maximum absolute atomic E-state index is 12.7. The van der Waals surface area contributed by atoms with Crippen molar-refractivity contribution < 1.29 is 17.9 Å². The number of imidazole rings is 1. The first-order valence-electron chi connectivity index (χ1n) is 8.75. The molecule has 3 aromatic rings. The monoisotopic (exact) mass is 387 g/mol.